The van der Waals surface area contributed by atoms with Crippen molar-refractivity contribution in [2.75, 3.05) is 18.8 Å². The Hall–Kier alpha value is -2.34. The van der Waals surface area contributed by atoms with E-state index in [1.165, 1.54) is 11.1 Å². The Labute approximate surface area is 147 Å². The number of anilines is 1. The molecule has 2 heterocycles. The molecule has 0 saturated carbocycles. The molecule has 1 aliphatic heterocycles. The molecule has 1 aliphatic carbocycles. The zero-order chi connectivity index (χ0) is 17.2. The van der Waals surface area contributed by atoms with E-state index in [-0.39, 0.29) is 11.9 Å². The van der Waals surface area contributed by atoms with Crippen LogP contribution >= 0.6 is 0 Å². The molecular weight excluding hydrogens is 314 g/mol. The summed E-state index contributed by atoms with van der Waals surface area (Å²) in [6.07, 6.45) is 7.21. The van der Waals surface area contributed by atoms with E-state index >= 15 is 0 Å². The van der Waals surface area contributed by atoms with Crippen LogP contribution in [0.4, 0.5) is 5.69 Å². The van der Waals surface area contributed by atoms with Crippen LogP contribution in [0.3, 0.4) is 0 Å². The molecule has 0 radical (unpaired) electrons. The van der Waals surface area contributed by atoms with E-state index in [4.69, 9.17) is 5.73 Å². The van der Waals surface area contributed by atoms with Gasteiger partial charge in [0.1, 0.15) is 5.69 Å². The maximum atomic E-state index is 12.7. The number of nitrogens with zero attached hydrogens (tertiary/aromatic N) is 2. The van der Waals surface area contributed by atoms with Gasteiger partial charge in [-0.05, 0) is 68.0 Å². The van der Waals surface area contributed by atoms with Gasteiger partial charge in [-0.3, -0.25) is 9.48 Å². The molecule has 6 nitrogen and oxygen atoms in total. The maximum Gasteiger partial charge on any atom is 0.272 e. The highest BCUT2D eigenvalue weighted by molar-refractivity contribution is 5.92. The lowest BCUT2D eigenvalue weighted by molar-refractivity contribution is 0.0926. The predicted molar refractivity (Wildman–Crippen MR) is 97.4 cm³/mol. The normalized spacial score (nSPS) is 23.0. The van der Waals surface area contributed by atoms with E-state index in [2.05, 4.69) is 15.7 Å². The highest BCUT2D eigenvalue weighted by Gasteiger charge is 2.24. The fourth-order valence-corrected chi connectivity index (χ4v) is 3.94. The van der Waals surface area contributed by atoms with Crippen molar-refractivity contribution in [2.45, 2.75) is 44.2 Å². The number of nitrogen functional groups attached to an aromatic ring is 1. The van der Waals surface area contributed by atoms with Gasteiger partial charge >= 0.3 is 0 Å². The molecule has 0 spiro atoms. The van der Waals surface area contributed by atoms with Gasteiger partial charge < -0.3 is 16.4 Å². The average molecular weight is 339 g/mol. The first-order valence-electron chi connectivity index (χ1n) is 9.16. The fourth-order valence-electron chi connectivity index (χ4n) is 3.94. The van der Waals surface area contributed by atoms with Crippen molar-refractivity contribution in [1.82, 2.24) is 20.4 Å². The third-order valence-corrected chi connectivity index (χ3v) is 5.27. The molecule has 2 atom stereocenters. The molecule has 6 heteroatoms. The lowest BCUT2D eigenvalue weighted by atomic mass is 9.87. The molecular formula is C19H25N5O. The number of benzene rings is 1. The zero-order valence-corrected chi connectivity index (χ0v) is 14.4. The van der Waals surface area contributed by atoms with Crippen LogP contribution in [-0.2, 0) is 6.42 Å². The first-order valence-corrected chi connectivity index (χ1v) is 9.16. The molecule has 25 heavy (non-hydrogen) atoms. The number of carbonyl (C=O) groups is 1. The summed E-state index contributed by atoms with van der Waals surface area (Å²) in [5, 5.41) is 11.1. The second kappa shape index (κ2) is 6.88. The van der Waals surface area contributed by atoms with Crippen LogP contribution < -0.4 is 16.4 Å². The molecule has 4 N–H and O–H groups in total. The topological polar surface area (TPSA) is 85.0 Å². The van der Waals surface area contributed by atoms with Crippen molar-refractivity contribution >= 4 is 11.6 Å². The van der Waals surface area contributed by atoms with E-state index in [0.717, 1.165) is 50.9 Å². The van der Waals surface area contributed by atoms with Crippen LogP contribution in [0.2, 0.25) is 0 Å². The summed E-state index contributed by atoms with van der Waals surface area (Å²) in [7, 11) is 0. The van der Waals surface area contributed by atoms with Crippen LogP contribution in [0, 0.1) is 0 Å². The molecule has 1 amide bonds. The minimum absolute atomic E-state index is 0.0401. The van der Waals surface area contributed by atoms with Gasteiger partial charge in [0.15, 0.2) is 0 Å². The minimum Gasteiger partial charge on any atom is -0.399 e. The third-order valence-electron chi connectivity index (χ3n) is 5.27. The Bertz CT molecular complexity index is 763. The van der Waals surface area contributed by atoms with Gasteiger partial charge in [0, 0.05) is 18.4 Å². The van der Waals surface area contributed by atoms with Gasteiger partial charge in [0.2, 0.25) is 0 Å². The number of fused-ring (bicyclic) bond motifs is 1. The van der Waals surface area contributed by atoms with E-state index in [1.807, 2.05) is 35.1 Å². The molecule has 1 aromatic heterocycles. The van der Waals surface area contributed by atoms with Crippen molar-refractivity contribution < 1.29 is 4.79 Å². The monoisotopic (exact) mass is 339 g/mol. The van der Waals surface area contributed by atoms with Crippen molar-refractivity contribution in [3.05, 3.63) is 47.3 Å². The molecule has 2 aliphatic rings. The van der Waals surface area contributed by atoms with Gasteiger partial charge in [-0.15, -0.1) is 0 Å². The molecule has 1 aromatic carbocycles. The van der Waals surface area contributed by atoms with Crippen LogP contribution in [-0.4, -0.2) is 28.8 Å². The lowest BCUT2D eigenvalue weighted by Crippen LogP contribution is -2.33. The van der Waals surface area contributed by atoms with Gasteiger partial charge in [-0.2, -0.15) is 5.10 Å². The van der Waals surface area contributed by atoms with Crippen LogP contribution in [0.25, 0.3) is 0 Å². The Morgan fingerprint density at radius 3 is 3.04 bits per heavy atom. The molecule has 2 unspecified atom stereocenters. The maximum absolute atomic E-state index is 12.7. The van der Waals surface area contributed by atoms with Crippen molar-refractivity contribution in [3.63, 3.8) is 0 Å². The third kappa shape index (κ3) is 3.39. The Morgan fingerprint density at radius 2 is 2.20 bits per heavy atom. The average Bonchev–Trinajstić information content (AvgIpc) is 3.13. The van der Waals surface area contributed by atoms with E-state index in [0.29, 0.717) is 11.7 Å². The first kappa shape index (κ1) is 16.1. The molecule has 2 aromatic rings. The van der Waals surface area contributed by atoms with Crippen molar-refractivity contribution in [3.8, 4) is 0 Å². The number of amides is 1. The quantitative estimate of drug-likeness (QED) is 0.749. The number of rotatable bonds is 3. The van der Waals surface area contributed by atoms with Gasteiger partial charge in [-0.25, -0.2) is 0 Å². The number of piperidine rings is 1. The SMILES string of the molecule is Nc1ccc2c(c1)CCCC2NC(=O)c1ccn(C2CCCNC2)n1. The number of nitrogens with one attached hydrogen (secondary N) is 2. The fraction of sp³-hybridized carbons (Fsp3) is 0.474. The van der Waals surface area contributed by atoms with Gasteiger partial charge in [0.05, 0.1) is 12.1 Å². The van der Waals surface area contributed by atoms with Crippen molar-refractivity contribution in [2.24, 2.45) is 0 Å². The number of nitrogens with two attached hydrogens (primary N) is 1. The molecule has 1 saturated heterocycles. The highest BCUT2D eigenvalue weighted by Crippen LogP contribution is 2.31. The molecule has 0 bridgehead atoms. The number of hydrogen-bond donors (Lipinski definition) is 3. The number of aromatic nitrogens is 2. The second-order valence-electron chi connectivity index (χ2n) is 7.06. The summed E-state index contributed by atoms with van der Waals surface area (Å²) in [5.74, 6) is -0.0998. The second-order valence-corrected chi connectivity index (χ2v) is 7.06. The number of carbonyl (C=O) groups excluding carboxylic acids is 1. The van der Waals surface area contributed by atoms with E-state index in [9.17, 15) is 4.79 Å². The summed E-state index contributed by atoms with van der Waals surface area (Å²) < 4.78 is 1.93. The lowest BCUT2D eigenvalue weighted by Gasteiger charge is -2.26. The number of hydrogen-bond acceptors (Lipinski definition) is 4. The predicted octanol–water partition coefficient (Wildman–Crippen LogP) is 2.20. The first-order chi connectivity index (χ1) is 12.2. The van der Waals surface area contributed by atoms with E-state index in [1.54, 1.807) is 0 Å². The highest BCUT2D eigenvalue weighted by atomic mass is 16.2. The van der Waals surface area contributed by atoms with Crippen LogP contribution in [0.5, 0.6) is 0 Å². The van der Waals surface area contributed by atoms with Crippen LogP contribution in [0.15, 0.2) is 30.5 Å². The summed E-state index contributed by atoms with van der Waals surface area (Å²) >= 11 is 0. The molecule has 4 rings (SSSR count). The summed E-state index contributed by atoms with van der Waals surface area (Å²) in [6, 6.07) is 8.18. The largest absolute Gasteiger partial charge is 0.399 e. The standard InChI is InChI=1S/C19H25N5O/c20-14-6-7-16-13(11-14)3-1-5-17(16)22-19(25)18-8-10-24(23-18)15-4-2-9-21-12-15/h6-8,10-11,15,17,21H,1-5,9,12,20H2,(H,22,25). The summed E-state index contributed by atoms with van der Waals surface area (Å²) in [4.78, 5) is 12.7. The van der Waals surface area contributed by atoms with Crippen molar-refractivity contribution in [1.29, 1.82) is 0 Å². The smallest absolute Gasteiger partial charge is 0.272 e. The molecule has 132 valence electrons. The minimum atomic E-state index is -0.0998. The summed E-state index contributed by atoms with van der Waals surface area (Å²) in [5.41, 5.74) is 9.60. The Balaban J connectivity index is 1.47. The molecule has 1 fully saturated rings. The van der Waals surface area contributed by atoms with Crippen LogP contribution in [0.1, 0.15) is 59.4 Å². The number of aryl methyl sites for hydroxylation is 1. The van der Waals surface area contributed by atoms with E-state index < -0.39 is 0 Å². The summed E-state index contributed by atoms with van der Waals surface area (Å²) in [6.45, 7) is 1.98. The Kier molecular flexibility index (Phi) is 4.44. The van der Waals surface area contributed by atoms with Gasteiger partial charge in [-0.1, -0.05) is 6.07 Å². The van der Waals surface area contributed by atoms with Gasteiger partial charge in [0.25, 0.3) is 5.91 Å². The Morgan fingerprint density at radius 1 is 1.28 bits per heavy atom. The zero-order valence-electron chi connectivity index (χ0n) is 14.4.